The predicted molar refractivity (Wildman–Crippen MR) is 95.9 cm³/mol. The van der Waals surface area contributed by atoms with Gasteiger partial charge in [0.15, 0.2) is 0 Å². The first-order valence-corrected chi connectivity index (χ1v) is 8.58. The monoisotopic (exact) mass is 357 g/mol. The molecule has 0 spiro atoms. The fraction of sp³-hybridized carbons (Fsp3) is 0.176. The maximum atomic E-state index is 12.4. The molecule has 0 saturated carbocycles. The summed E-state index contributed by atoms with van der Waals surface area (Å²) in [6.45, 7) is 0.279. The number of rotatable bonds is 5. The molecule has 0 N–H and O–H groups in total. The average Bonchev–Trinajstić information content (AvgIpc) is 2.82. The van der Waals surface area contributed by atoms with Crippen molar-refractivity contribution in [2.45, 2.75) is 12.8 Å². The highest BCUT2D eigenvalue weighted by Crippen LogP contribution is 2.32. The molecule has 1 aromatic carbocycles. The minimum absolute atomic E-state index is 0.0949. The number of hydrogen-bond acceptors (Lipinski definition) is 6. The second kappa shape index (κ2) is 7.11. The number of amides is 1. The number of aromatic nitrogens is 1. The molecule has 1 fully saturated rings. The standard InChI is InChI=1S/C17H14N2O3S2/c20-15(21)6-3-9-19-16(22)14(24-17(19)23)10-12-8-7-11-4-1-2-5-13(11)18-12/h1-2,4-5,7-8,10H,3,6,9H2,(H,20,21)/p-1/b14-10-. The van der Waals surface area contributed by atoms with Crippen molar-refractivity contribution >= 4 is 57.2 Å². The van der Waals surface area contributed by atoms with Crippen LogP contribution in [0, 0.1) is 0 Å². The number of aliphatic carboxylic acids is 1. The van der Waals surface area contributed by atoms with Gasteiger partial charge in [0, 0.05) is 17.9 Å². The molecule has 0 atom stereocenters. The van der Waals surface area contributed by atoms with E-state index in [0.29, 0.717) is 21.3 Å². The van der Waals surface area contributed by atoms with Crippen molar-refractivity contribution in [1.82, 2.24) is 9.88 Å². The third-order valence-corrected chi connectivity index (χ3v) is 4.91. The van der Waals surface area contributed by atoms with Crippen molar-refractivity contribution in [3.8, 4) is 0 Å². The first-order valence-electron chi connectivity index (χ1n) is 7.35. The minimum Gasteiger partial charge on any atom is -0.550 e. The van der Waals surface area contributed by atoms with Crippen LogP contribution in [0.4, 0.5) is 0 Å². The van der Waals surface area contributed by atoms with Gasteiger partial charge < -0.3 is 9.90 Å². The molecule has 2 aromatic rings. The Morgan fingerprint density at radius 3 is 2.88 bits per heavy atom. The van der Waals surface area contributed by atoms with Crippen LogP contribution in [0.2, 0.25) is 0 Å². The molecular weight excluding hydrogens is 344 g/mol. The summed E-state index contributed by atoms with van der Waals surface area (Å²) < 4.78 is 0.436. The van der Waals surface area contributed by atoms with Gasteiger partial charge in [0.05, 0.1) is 16.1 Å². The lowest BCUT2D eigenvalue weighted by atomic mass is 10.2. The van der Waals surface area contributed by atoms with Crippen molar-refractivity contribution in [2.24, 2.45) is 0 Å². The molecule has 1 aromatic heterocycles. The molecule has 1 aliphatic heterocycles. The van der Waals surface area contributed by atoms with Gasteiger partial charge in [-0.1, -0.05) is 48.2 Å². The van der Waals surface area contributed by atoms with Gasteiger partial charge in [-0.2, -0.15) is 0 Å². The van der Waals surface area contributed by atoms with E-state index >= 15 is 0 Å². The van der Waals surface area contributed by atoms with Crippen LogP contribution in [-0.2, 0) is 9.59 Å². The number of fused-ring (bicyclic) bond motifs is 1. The Kier molecular flexibility index (Phi) is 4.92. The van der Waals surface area contributed by atoms with Crippen LogP contribution in [0.15, 0.2) is 41.3 Å². The maximum absolute atomic E-state index is 12.4. The van der Waals surface area contributed by atoms with E-state index in [-0.39, 0.29) is 18.9 Å². The summed E-state index contributed by atoms with van der Waals surface area (Å²) in [4.78, 5) is 29.3. The SMILES string of the molecule is O=C([O-])CCCN1C(=O)/C(=C/c2ccc3ccccc3n2)SC1=S. The molecule has 1 aliphatic rings. The summed E-state index contributed by atoms with van der Waals surface area (Å²) in [5.74, 6) is -1.34. The van der Waals surface area contributed by atoms with Crippen molar-refractivity contribution in [2.75, 3.05) is 6.54 Å². The second-order valence-electron chi connectivity index (χ2n) is 5.24. The van der Waals surface area contributed by atoms with Crippen LogP contribution >= 0.6 is 24.0 Å². The topological polar surface area (TPSA) is 73.3 Å². The molecule has 0 aliphatic carbocycles. The lowest BCUT2D eigenvalue weighted by Crippen LogP contribution is -2.30. The number of thioether (sulfide) groups is 1. The molecule has 5 nitrogen and oxygen atoms in total. The van der Waals surface area contributed by atoms with Crippen LogP contribution in [-0.4, -0.2) is 32.6 Å². The molecule has 0 bridgehead atoms. The molecule has 122 valence electrons. The van der Waals surface area contributed by atoms with Gasteiger partial charge in [0.25, 0.3) is 5.91 Å². The summed E-state index contributed by atoms with van der Waals surface area (Å²) in [6, 6.07) is 11.6. The zero-order valence-corrected chi connectivity index (χ0v) is 14.2. The van der Waals surface area contributed by atoms with Crippen LogP contribution in [0.1, 0.15) is 18.5 Å². The zero-order chi connectivity index (χ0) is 17.1. The number of carbonyl (C=O) groups excluding carboxylic acids is 2. The highest BCUT2D eigenvalue weighted by atomic mass is 32.2. The molecule has 0 radical (unpaired) electrons. The Morgan fingerprint density at radius 2 is 2.08 bits per heavy atom. The molecule has 7 heteroatoms. The summed E-state index contributed by atoms with van der Waals surface area (Å²) in [7, 11) is 0. The quantitative estimate of drug-likeness (QED) is 0.602. The van der Waals surface area contributed by atoms with Crippen molar-refractivity contribution in [3.05, 3.63) is 47.0 Å². The summed E-state index contributed by atoms with van der Waals surface area (Å²) in [5.41, 5.74) is 1.54. The lowest BCUT2D eigenvalue weighted by molar-refractivity contribution is -0.305. The number of pyridine rings is 1. The van der Waals surface area contributed by atoms with Crippen LogP contribution in [0.25, 0.3) is 17.0 Å². The van der Waals surface area contributed by atoms with E-state index in [1.807, 2.05) is 36.4 Å². The largest absolute Gasteiger partial charge is 0.550 e. The van der Waals surface area contributed by atoms with Gasteiger partial charge in [0.2, 0.25) is 0 Å². The first-order chi connectivity index (χ1) is 11.5. The third-order valence-electron chi connectivity index (χ3n) is 3.54. The highest BCUT2D eigenvalue weighted by Gasteiger charge is 2.31. The number of para-hydroxylation sites is 1. The van der Waals surface area contributed by atoms with E-state index in [4.69, 9.17) is 12.2 Å². The number of carboxylic acid groups (broad SMARTS) is 1. The number of hydrogen-bond donors (Lipinski definition) is 0. The van der Waals surface area contributed by atoms with E-state index in [0.717, 1.165) is 10.9 Å². The van der Waals surface area contributed by atoms with Crippen LogP contribution in [0.3, 0.4) is 0 Å². The van der Waals surface area contributed by atoms with E-state index < -0.39 is 5.97 Å². The summed E-state index contributed by atoms with van der Waals surface area (Å²) >= 11 is 6.42. The Bertz CT molecular complexity index is 864. The van der Waals surface area contributed by atoms with Crippen LogP contribution < -0.4 is 5.11 Å². The third kappa shape index (κ3) is 3.63. The summed E-state index contributed by atoms with van der Waals surface area (Å²) in [5, 5.41) is 11.5. The van der Waals surface area contributed by atoms with Gasteiger partial charge in [0.1, 0.15) is 4.32 Å². The molecule has 2 heterocycles. The first kappa shape index (κ1) is 16.6. The molecule has 3 rings (SSSR count). The van der Waals surface area contributed by atoms with Crippen molar-refractivity contribution < 1.29 is 14.7 Å². The Balaban J connectivity index is 1.78. The number of thiocarbonyl (C=S) groups is 1. The smallest absolute Gasteiger partial charge is 0.266 e. The molecule has 1 amide bonds. The van der Waals surface area contributed by atoms with Gasteiger partial charge in [-0.05, 0) is 31.1 Å². The van der Waals surface area contributed by atoms with E-state index in [1.54, 1.807) is 6.08 Å². The molecule has 24 heavy (non-hydrogen) atoms. The van der Waals surface area contributed by atoms with Crippen LogP contribution in [0.5, 0.6) is 0 Å². The van der Waals surface area contributed by atoms with Crippen molar-refractivity contribution in [1.29, 1.82) is 0 Å². The highest BCUT2D eigenvalue weighted by molar-refractivity contribution is 8.26. The molecule has 1 saturated heterocycles. The number of benzene rings is 1. The van der Waals surface area contributed by atoms with Gasteiger partial charge >= 0.3 is 0 Å². The Labute approximate surface area is 148 Å². The van der Waals surface area contributed by atoms with E-state index in [1.165, 1.54) is 16.7 Å². The number of carboxylic acids is 1. The normalized spacial score (nSPS) is 16.3. The van der Waals surface area contributed by atoms with Gasteiger partial charge in [-0.15, -0.1) is 0 Å². The Morgan fingerprint density at radius 1 is 1.29 bits per heavy atom. The predicted octanol–water partition coefficient (Wildman–Crippen LogP) is 1.97. The van der Waals surface area contributed by atoms with Crippen molar-refractivity contribution in [3.63, 3.8) is 0 Å². The lowest BCUT2D eigenvalue weighted by Gasteiger charge is -2.14. The van der Waals surface area contributed by atoms with E-state index in [2.05, 4.69) is 4.98 Å². The second-order valence-corrected chi connectivity index (χ2v) is 6.91. The summed E-state index contributed by atoms with van der Waals surface area (Å²) in [6.07, 6.45) is 1.93. The van der Waals surface area contributed by atoms with Gasteiger partial charge in [-0.25, -0.2) is 4.98 Å². The van der Waals surface area contributed by atoms with E-state index in [9.17, 15) is 14.7 Å². The maximum Gasteiger partial charge on any atom is 0.266 e. The Hall–Kier alpha value is -2.25. The average molecular weight is 357 g/mol. The van der Waals surface area contributed by atoms with Gasteiger partial charge in [-0.3, -0.25) is 9.69 Å². The number of nitrogens with zero attached hydrogens (tertiary/aromatic N) is 2. The molecule has 0 unspecified atom stereocenters. The zero-order valence-electron chi connectivity index (χ0n) is 12.6. The fourth-order valence-corrected chi connectivity index (χ4v) is 3.66. The number of carbonyl (C=O) groups is 2. The molecular formula is C17H13N2O3S2-. The minimum atomic E-state index is -1.13. The fourth-order valence-electron chi connectivity index (χ4n) is 2.37.